The number of nitrogens with zero attached hydrogens (tertiary/aromatic N) is 1. The number of carbonyl (C=O) groups is 1. The maximum atomic E-state index is 12.5. The Morgan fingerprint density at radius 2 is 1.94 bits per heavy atom. The van der Waals surface area contributed by atoms with Crippen LogP contribution < -0.4 is 5.73 Å². The number of fused-ring (bicyclic) bond motifs is 1. The second kappa shape index (κ2) is 4.97. The summed E-state index contributed by atoms with van der Waals surface area (Å²) in [5.41, 5.74) is 5.87. The van der Waals surface area contributed by atoms with E-state index in [2.05, 4.69) is 11.8 Å². The van der Waals surface area contributed by atoms with E-state index in [-0.39, 0.29) is 17.9 Å². The van der Waals surface area contributed by atoms with Crippen molar-refractivity contribution in [1.82, 2.24) is 4.90 Å². The molecule has 0 radical (unpaired) electrons. The summed E-state index contributed by atoms with van der Waals surface area (Å²) < 4.78 is 0. The van der Waals surface area contributed by atoms with E-state index in [1.54, 1.807) is 0 Å². The number of hydrogen-bond acceptors (Lipinski definition) is 2. The van der Waals surface area contributed by atoms with E-state index in [0.29, 0.717) is 12.1 Å². The first-order valence-corrected chi connectivity index (χ1v) is 7.10. The minimum atomic E-state index is -0.0441. The van der Waals surface area contributed by atoms with E-state index >= 15 is 0 Å². The van der Waals surface area contributed by atoms with Crippen molar-refractivity contribution in [2.45, 2.75) is 71.0 Å². The number of rotatable bonds is 2. The predicted molar refractivity (Wildman–Crippen MR) is 69.5 cm³/mol. The molecule has 2 N–H and O–H groups in total. The molecule has 1 heterocycles. The normalized spacial score (nSPS) is 36.5. The van der Waals surface area contributed by atoms with Crippen molar-refractivity contribution in [2.75, 3.05) is 0 Å². The zero-order valence-corrected chi connectivity index (χ0v) is 11.4. The van der Waals surface area contributed by atoms with Crippen molar-refractivity contribution in [2.24, 2.45) is 17.6 Å². The molecule has 2 fully saturated rings. The third kappa shape index (κ3) is 2.35. The van der Waals surface area contributed by atoms with Gasteiger partial charge in [0.2, 0.25) is 5.91 Å². The number of nitrogens with two attached hydrogens (primary N) is 1. The second-order valence-electron chi connectivity index (χ2n) is 6.09. The van der Waals surface area contributed by atoms with Crippen molar-refractivity contribution < 1.29 is 4.79 Å². The highest BCUT2D eigenvalue weighted by Gasteiger charge is 2.43. The minimum absolute atomic E-state index is 0.0434. The van der Waals surface area contributed by atoms with Gasteiger partial charge in [-0.3, -0.25) is 4.79 Å². The van der Waals surface area contributed by atoms with Gasteiger partial charge in [0, 0.05) is 18.1 Å². The van der Waals surface area contributed by atoms with E-state index in [9.17, 15) is 4.79 Å². The summed E-state index contributed by atoms with van der Waals surface area (Å²) in [6, 6.07) is 0.876. The van der Waals surface area contributed by atoms with Crippen molar-refractivity contribution in [3.63, 3.8) is 0 Å². The summed E-state index contributed by atoms with van der Waals surface area (Å²) in [5, 5.41) is 0. The first-order valence-electron chi connectivity index (χ1n) is 7.10. The van der Waals surface area contributed by atoms with Crippen LogP contribution in [-0.2, 0) is 4.79 Å². The summed E-state index contributed by atoms with van der Waals surface area (Å²) in [4.78, 5) is 14.7. The van der Waals surface area contributed by atoms with Crippen LogP contribution in [0.5, 0.6) is 0 Å². The molecule has 98 valence electrons. The molecule has 3 heteroatoms. The Balaban J connectivity index is 2.11. The van der Waals surface area contributed by atoms with Gasteiger partial charge in [0.15, 0.2) is 0 Å². The molecular weight excluding hydrogens is 212 g/mol. The largest absolute Gasteiger partial charge is 0.336 e. The van der Waals surface area contributed by atoms with Gasteiger partial charge in [-0.1, -0.05) is 19.8 Å². The number of carbonyl (C=O) groups excluding carboxylic acids is 1. The molecular formula is C14H26N2O. The fraction of sp³-hybridized carbons (Fsp3) is 0.929. The quantitative estimate of drug-likeness (QED) is 0.801. The molecule has 2 rings (SSSR count). The minimum Gasteiger partial charge on any atom is -0.336 e. The number of likely N-dealkylation sites (tertiary alicyclic amines) is 1. The molecule has 1 saturated heterocycles. The molecule has 1 aliphatic heterocycles. The highest BCUT2D eigenvalue weighted by Crippen LogP contribution is 2.40. The van der Waals surface area contributed by atoms with Crippen molar-refractivity contribution >= 4 is 5.91 Å². The van der Waals surface area contributed by atoms with Gasteiger partial charge in [-0.25, -0.2) is 0 Å². The molecule has 3 nitrogen and oxygen atoms in total. The van der Waals surface area contributed by atoms with Crippen LogP contribution >= 0.6 is 0 Å². The number of amides is 1. The van der Waals surface area contributed by atoms with E-state index in [4.69, 9.17) is 5.73 Å². The Hall–Kier alpha value is -0.570. The summed E-state index contributed by atoms with van der Waals surface area (Å²) in [7, 11) is 0. The van der Waals surface area contributed by atoms with Gasteiger partial charge in [-0.2, -0.15) is 0 Å². The Morgan fingerprint density at radius 1 is 1.29 bits per heavy atom. The summed E-state index contributed by atoms with van der Waals surface area (Å²) in [5.74, 6) is 0.989. The molecule has 0 aromatic carbocycles. The van der Waals surface area contributed by atoms with Gasteiger partial charge in [0.1, 0.15) is 0 Å². The smallest absolute Gasteiger partial charge is 0.227 e. The lowest BCUT2D eigenvalue weighted by Crippen LogP contribution is -2.48. The fourth-order valence-electron chi connectivity index (χ4n) is 3.55. The maximum Gasteiger partial charge on any atom is 0.227 e. The van der Waals surface area contributed by atoms with E-state index in [0.717, 1.165) is 5.92 Å². The Kier molecular flexibility index (Phi) is 3.76. The van der Waals surface area contributed by atoms with Gasteiger partial charge < -0.3 is 10.6 Å². The topological polar surface area (TPSA) is 46.3 Å². The Morgan fingerprint density at radius 3 is 2.59 bits per heavy atom. The lowest BCUT2D eigenvalue weighted by Gasteiger charge is -2.35. The second-order valence-corrected chi connectivity index (χ2v) is 6.09. The molecule has 17 heavy (non-hydrogen) atoms. The van der Waals surface area contributed by atoms with Gasteiger partial charge in [0.05, 0.1) is 5.92 Å². The van der Waals surface area contributed by atoms with E-state index in [1.807, 2.05) is 13.8 Å². The first-order chi connectivity index (χ1) is 8.02. The highest BCUT2D eigenvalue weighted by molar-refractivity contribution is 5.80. The maximum absolute atomic E-state index is 12.5. The third-order valence-electron chi connectivity index (χ3n) is 4.78. The van der Waals surface area contributed by atoms with Crippen LogP contribution in [-0.4, -0.2) is 28.9 Å². The lowest BCUT2D eigenvalue weighted by atomic mass is 9.84. The van der Waals surface area contributed by atoms with Crippen LogP contribution in [0.4, 0.5) is 0 Å². The van der Waals surface area contributed by atoms with Crippen LogP contribution in [0.3, 0.4) is 0 Å². The molecule has 0 spiro atoms. The average Bonchev–Trinajstić information content (AvgIpc) is 2.62. The molecule has 2 aliphatic rings. The zero-order valence-electron chi connectivity index (χ0n) is 11.4. The summed E-state index contributed by atoms with van der Waals surface area (Å²) >= 11 is 0. The Bertz CT molecular complexity index is 290. The SMILES string of the molecule is CC(N)C(C)C(=O)N1C(C)CC2CCCCC21. The monoisotopic (exact) mass is 238 g/mol. The fourth-order valence-corrected chi connectivity index (χ4v) is 3.55. The molecule has 0 aromatic rings. The summed E-state index contributed by atoms with van der Waals surface area (Å²) in [6.45, 7) is 6.10. The van der Waals surface area contributed by atoms with Gasteiger partial charge in [0.25, 0.3) is 0 Å². The number of hydrogen-bond donors (Lipinski definition) is 1. The molecule has 1 amide bonds. The summed E-state index contributed by atoms with van der Waals surface area (Å²) in [6.07, 6.45) is 6.34. The van der Waals surface area contributed by atoms with Crippen molar-refractivity contribution in [3.8, 4) is 0 Å². The van der Waals surface area contributed by atoms with Crippen LogP contribution in [0.2, 0.25) is 0 Å². The lowest BCUT2D eigenvalue weighted by molar-refractivity contribution is -0.138. The Labute approximate surface area is 105 Å². The predicted octanol–water partition coefficient (Wildman–Crippen LogP) is 2.15. The highest BCUT2D eigenvalue weighted by atomic mass is 16.2. The van der Waals surface area contributed by atoms with Gasteiger partial charge >= 0.3 is 0 Å². The third-order valence-corrected chi connectivity index (χ3v) is 4.78. The first kappa shape index (κ1) is 12.9. The molecule has 5 atom stereocenters. The van der Waals surface area contributed by atoms with E-state index in [1.165, 1.54) is 32.1 Å². The van der Waals surface area contributed by atoms with Gasteiger partial charge in [-0.05, 0) is 39.0 Å². The van der Waals surface area contributed by atoms with Gasteiger partial charge in [-0.15, -0.1) is 0 Å². The van der Waals surface area contributed by atoms with Crippen LogP contribution in [0.15, 0.2) is 0 Å². The van der Waals surface area contributed by atoms with Crippen molar-refractivity contribution in [3.05, 3.63) is 0 Å². The average molecular weight is 238 g/mol. The molecule has 1 aliphatic carbocycles. The molecule has 1 saturated carbocycles. The van der Waals surface area contributed by atoms with Crippen LogP contribution in [0, 0.1) is 11.8 Å². The zero-order chi connectivity index (χ0) is 12.6. The standard InChI is InChI=1S/C14H26N2O/c1-9-8-12-6-4-5-7-13(12)16(9)14(17)10(2)11(3)15/h9-13H,4-8,15H2,1-3H3. The molecule has 0 aromatic heterocycles. The van der Waals surface area contributed by atoms with Crippen LogP contribution in [0.25, 0.3) is 0 Å². The molecule has 0 bridgehead atoms. The van der Waals surface area contributed by atoms with Crippen LogP contribution in [0.1, 0.15) is 52.9 Å². The van der Waals surface area contributed by atoms with Crippen molar-refractivity contribution in [1.29, 1.82) is 0 Å². The molecule has 5 unspecified atom stereocenters. The van der Waals surface area contributed by atoms with E-state index < -0.39 is 0 Å².